The van der Waals surface area contributed by atoms with Gasteiger partial charge >= 0.3 is 0 Å². The first kappa shape index (κ1) is 9.04. The van der Waals surface area contributed by atoms with Gasteiger partial charge in [0.2, 0.25) is 0 Å². The third kappa shape index (κ3) is 1.47. The third-order valence-corrected chi connectivity index (χ3v) is 3.68. The van der Waals surface area contributed by atoms with Gasteiger partial charge in [-0.3, -0.25) is 0 Å². The summed E-state index contributed by atoms with van der Waals surface area (Å²) < 4.78 is 1.29. The maximum absolute atomic E-state index is 6.26. The molecular formula is C11H11ClS. The quantitative estimate of drug-likeness (QED) is 0.654. The van der Waals surface area contributed by atoms with Crippen LogP contribution in [0.25, 0.3) is 10.1 Å². The molecule has 1 aromatic carbocycles. The average molecular weight is 211 g/mol. The Balaban J connectivity index is 2.78. The molecule has 68 valence electrons. The van der Waals surface area contributed by atoms with Crippen molar-refractivity contribution in [2.75, 3.05) is 0 Å². The molecule has 1 heterocycles. The van der Waals surface area contributed by atoms with Gasteiger partial charge in [-0.25, -0.2) is 0 Å². The highest BCUT2D eigenvalue weighted by molar-refractivity contribution is 7.19. The minimum absolute atomic E-state index is 0.935. The van der Waals surface area contributed by atoms with Crippen LogP contribution in [0, 0.1) is 6.92 Å². The molecule has 0 radical (unpaired) electrons. The number of aryl methyl sites for hydroxylation is 2. The predicted molar refractivity (Wildman–Crippen MR) is 61.0 cm³/mol. The van der Waals surface area contributed by atoms with E-state index >= 15 is 0 Å². The standard InChI is InChI=1S/C11H11ClS/c1-3-8-4-5-10-9(11(8)12)6-7(2)13-10/h4-6H,3H2,1-2H3. The second-order valence-electron chi connectivity index (χ2n) is 3.16. The summed E-state index contributed by atoms with van der Waals surface area (Å²) in [6.07, 6.45) is 1.00. The zero-order chi connectivity index (χ0) is 9.42. The Bertz CT molecular complexity index is 443. The van der Waals surface area contributed by atoms with E-state index in [0.717, 1.165) is 11.4 Å². The van der Waals surface area contributed by atoms with Crippen molar-refractivity contribution in [3.8, 4) is 0 Å². The smallest absolute Gasteiger partial charge is 0.0524 e. The number of benzene rings is 1. The van der Waals surface area contributed by atoms with Crippen molar-refractivity contribution >= 4 is 33.0 Å². The Morgan fingerprint density at radius 1 is 1.38 bits per heavy atom. The van der Waals surface area contributed by atoms with Crippen LogP contribution in [0.1, 0.15) is 17.4 Å². The van der Waals surface area contributed by atoms with Gasteiger partial charge in [0.1, 0.15) is 0 Å². The van der Waals surface area contributed by atoms with Gasteiger partial charge < -0.3 is 0 Å². The fourth-order valence-electron chi connectivity index (χ4n) is 1.52. The summed E-state index contributed by atoms with van der Waals surface area (Å²) in [7, 11) is 0. The minimum Gasteiger partial charge on any atom is -0.141 e. The highest BCUT2D eigenvalue weighted by Gasteiger charge is 2.05. The van der Waals surface area contributed by atoms with Crippen LogP contribution < -0.4 is 0 Å². The lowest BCUT2D eigenvalue weighted by molar-refractivity contribution is 1.15. The van der Waals surface area contributed by atoms with E-state index < -0.39 is 0 Å². The zero-order valence-electron chi connectivity index (χ0n) is 7.73. The van der Waals surface area contributed by atoms with E-state index in [1.807, 2.05) is 0 Å². The number of hydrogen-bond donors (Lipinski definition) is 0. The summed E-state index contributed by atoms with van der Waals surface area (Å²) in [4.78, 5) is 1.32. The molecule has 0 spiro atoms. The molecule has 0 saturated heterocycles. The largest absolute Gasteiger partial charge is 0.141 e. The lowest BCUT2D eigenvalue weighted by Crippen LogP contribution is -1.80. The van der Waals surface area contributed by atoms with Crippen molar-refractivity contribution in [1.29, 1.82) is 0 Å². The molecule has 0 amide bonds. The fourth-order valence-corrected chi connectivity index (χ4v) is 2.86. The SMILES string of the molecule is CCc1ccc2sc(C)cc2c1Cl. The second-order valence-corrected chi connectivity index (χ2v) is 4.83. The van der Waals surface area contributed by atoms with E-state index in [1.54, 1.807) is 11.3 Å². The molecule has 0 unspecified atom stereocenters. The number of fused-ring (bicyclic) bond motifs is 1. The van der Waals surface area contributed by atoms with E-state index in [9.17, 15) is 0 Å². The lowest BCUT2D eigenvalue weighted by Gasteiger charge is -2.00. The highest BCUT2D eigenvalue weighted by Crippen LogP contribution is 2.33. The first-order valence-corrected chi connectivity index (χ1v) is 5.59. The molecule has 0 saturated carbocycles. The van der Waals surface area contributed by atoms with E-state index in [-0.39, 0.29) is 0 Å². The number of rotatable bonds is 1. The number of halogens is 1. The van der Waals surface area contributed by atoms with E-state index in [1.165, 1.54) is 20.5 Å². The van der Waals surface area contributed by atoms with Crippen LogP contribution in [0.4, 0.5) is 0 Å². The molecule has 0 N–H and O–H groups in total. The molecule has 0 bridgehead atoms. The monoisotopic (exact) mass is 210 g/mol. The van der Waals surface area contributed by atoms with Crippen LogP contribution >= 0.6 is 22.9 Å². The van der Waals surface area contributed by atoms with Crippen LogP contribution in [-0.2, 0) is 6.42 Å². The molecule has 0 aliphatic rings. The topological polar surface area (TPSA) is 0 Å². The number of hydrogen-bond acceptors (Lipinski definition) is 1. The van der Waals surface area contributed by atoms with Crippen molar-refractivity contribution < 1.29 is 0 Å². The van der Waals surface area contributed by atoms with Gasteiger partial charge in [0.25, 0.3) is 0 Å². The number of thiophene rings is 1. The first-order chi connectivity index (χ1) is 6.22. The molecule has 0 nitrogen and oxygen atoms in total. The fraction of sp³-hybridized carbons (Fsp3) is 0.273. The Morgan fingerprint density at radius 3 is 2.85 bits per heavy atom. The van der Waals surface area contributed by atoms with Crippen molar-refractivity contribution in [3.63, 3.8) is 0 Å². The molecular weight excluding hydrogens is 200 g/mol. The minimum atomic E-state index is 0.935. The molecule has 13 heavy (non-hydrogen) atoms. The molecule has 0 aliphatic carbocycles. The Morgan fingerprint density at radius 2 is 2.15 bits per heavy atom. The molecule has 0 fully saturated rings. The third-order valence-electron chi connectivity index (χ3n) is 2.22. The second kappa shape index (κ2) is 3.32. The van der Waals surface area contributed by atoms with Gasteiger partial charge in [-0.05, 0) is 31.0 Å². The molecule has 2 rings (SSSR count). The van der Waals surface area contributed by atoms with Gasteiger partial charge in [0.15, 0.2) is 0 Å². The highest BCUT2D eigenvalue weighted by atomic mass is 35.5. The Labute approximate surface area is 87.2 Å². The van der Waals surface area contributed by atoms with Gasteiger partial charge in [0.05, 0.1) is 5.02 Å². The van der Waals surface area contributed by atoms with Crippen LogP contribution in [-0.4, -0.2) is 0 Å². The Kier molecular flexibility index (Phi) is 2.31. The molecule has 2 aromatic rings. The normalized spacial score (nSPS) is 11.0. The van der Waals surface area contributed by atoms with Gasteiger partial charge in [-0.2, -0.15) is 0 Å². The summed E-state index contributed by atoms with van der Waals surface area (Å²) in [6.45, 7) is 4.25. The molecule has 0 atom stereocenters. The lowest BCUT2D eigenvalue weighted by atomic mass is 10.1. The first-order valence-electron chi connectivity index (χ1n) is 4.40. The summed E-state index contributed by atoms with van der Waals surface area (Å²) in [5.74, 6) is 0. The van der Waals surface area contributed by atoms with Gasteiger partial charge in [-0.15, -0.1) is 11.3 Å². The zero-order valence-corrected chi connectivity index (χ0v) is 9.30. The predicted octanol–water partition coefficient (Wildman–Crippen LogP) is 4.43. The van der Waals surface area contributed by atoms with Gasteiger partial charge in [0, 0.05) is 15.0 Å². The van der Waals surface area contributed by atoms with Crippen LogP contribution in [0.2, 0.25) is 5.02 Å². The average Bonchev–Trinajstić information content (AvgIpc) is 2.47. The molecule has 0 aliphatic heterocycles. The van der Waals surface area contributed by atoms with E-state index in [2.05, 4.69) is 32.0 Å². The maximum atomic E-state index is 6.26. The van der Waals surface area contributed by atoms with Crippen molar-refractivity contribution in [1.82, 2.24) is 0 Å². The summed E-state index contributed by atoms with van der Waals surface area (Å²) in [5.41, 5.74) is 1.24. The maximum Gasteiger partial charge on any atom is 0.0524 e. The van der Waals surface area contributed by atoms with Crippen LogP contribution in [0.5, 0.6) is 0 Å². The Hall–Kier alpha value is -0.530. The van der Waals surface area contributed by atoms with Crippen LogP contribution in [0.15, 0.2) is 18.2 Å². The van der Waals surface area contributed by atoms with E-state index in [0.29, 0.717) is 0 Å². The van der Waals surface area contributed by atoms with Crippen molar-refractivity contribution in [3.05, 3.63) is 33.7 Å². The van der Waals surface area contributed by atoms with E-state index in [4.69, 9.17) is 11.6 Å². The summed E-state index contributed by atoms with van der Waals surface area (Å²) >= 11 is 8.06. The molecule has 1 aromatic heterocycles. The van der Waals surface area contributed by atoms with Crippen LogP contribution in [0.3, 0.4) is 0 Å². The summed E-state index contributed by atoms with van der Waals surface area (Å²) in [6, 6.07) is 6.46. The summed E-state index contributed by atoms with van der Waals surface area (Å²) in [5, 5.41) is 2.15. The van der Waals surface area contributed by atoms with Crippen molar-refractivity contribution in [2.24, 2.45) is 0 Å². The van der Waals surface area contributed by atoms with Gasteiger partial charge in [-0.1, -0.05) is 24.6 Å². The van der Waals surface area contributed by atoms with Crippen molar-refractivity contribution in [2.45, 2.75) is 20.3 Å². The molecule has 2 heteroatoms.